The molecule has 1 heterocycles. The average Bonchev–Trinajstić information content (AvgIpc) is 3.18. The molecule has 0 spiro atoms. The third-order valence-electron chi connectivity index (χ3n) is 4.54. The van der Waals surface area contributed by atoms with Crippen LogP contribution in [0, 0.1) is 5.41 Å². The van der Waals surface area contributed by atoms with Crippen LogP contribution in [-0.2, 0) is 11.2 Å². The zero-order valence-corrected chi connectivity index (χ0v) is 17.0. The molecule has 0 aliphatic rings. The van der Waals surface area contributed by atoms with Gasteiger partial charge in [0, 0.05) is 33.2 Å². The molecule has 5 heteroatoms. The summed E-state index contributed by atoms with van der Waals surface area (Å²) in [7, 11) is 1.74. The molecule has 1 aromatic carbocycles. The van der Waals surface area contributed by atoms with Crippen LogP contribution < -0.4 is 10.6 Å². The van der Waals surface area contributed by atoms with Gasteiger partial charge in [-0.05, 0) is 36.5 Å². The monoisotopic (exact) mass is 371 g/mol. The van der Waals surface area contributed by atoms with E-state index in [0.29, 0.717) is 0 Å². The molecule has 2 N–H and O–H groups in total. The maximum Gasteiger partial charge on any atom is 0.191 e. The number of nitrogens with zero attached hydrogens (tertiary/aromatic N) is 1. The predicted octanol–water partition coefficient (Wildman–Crippen LogP) is 4.18. The Morgan fingerprint density at radius 2 is 1.96 bits per heavy atom. The van der Waals surface area contributed by atoms with E-state index in [-0.39, 0.29) is 11.5 Å². The molecule has 0 saturated heterocycles. The van der Waals surface area contributed by atoms with Gasteiger partial charge in [0.15, 0.2) is 5.96 Å². The molecule has 0 bridgehead atoms. The van der Waals surface area contributed by atoms with Crippen LogP contribution in [0.2, 0.25) is 0 Å². The number of benzene rings is 1. The van der Waals surface area contributed by atoms with E-state index in [4.69, 9.17) is 14.1 Å². The molecular formula is C22H33N3O2. The second-order valence-electron chi connectivity index (χ2n) is 7.60. The van der Waals surface area contributed by atoms with Crippen LogP contribution >= 0.6 is 0 Å². The molecule has 27 heavy (non-hydrogen) atoms. The largest absolute Gasteiger partial charge is 0.469 e. The van der Waals surface area contributed by atoms with Crippen molar-refractivity contribution < 1.29 is 9.15 Å². The van der Waals surface area contributed by atoms with E-state index in [1.54, 1.807) is 13.4 Å². The summed E-state index contributed by atoms with van der Waals surface area (Å²) in [5, 5.41) is 6.95. The maximum absolute atomic E-state index is 5.41. The van der Waals surface area contributed by atoms with Gasteiger partial charge in [-0.1, -0.05) is 44.2 Å². The van der Waals surface area contributed by atoms with Crippen molar-refractivity contribution in [1.82, 2.24) is 10.6 Å². The quantitative estimate of drug-likeness (QED) is 0.486. The van der Waals surface area contributed by atoms with E-state index in [1.165, 1.54) is 5.56 Å². The SMILES string of the molecule is COCCC(C)(C)CN=C(NCCc1ccco1)NC(C)c1ccccc1. The maximum atomic E-state index is 5.41. The Labute approximate surface area is 163 Å². The van der Waals surface area contributed by atoms with E-state index < -0.39 is 0 Å². The molecule has 0 fully saturated rings. The first-order chi connectivity index (χ1) is 13.0. The van der Waals surface area contributed by atoms with Crippen molar-refractivity contribution in [3.63, 3.8) is 0 Å². The summed E-state index contributed by atoms with van der Waals surface area (Å²) in [6.07, 6.45) is 3.50. The van der Waals surface area contributed by atoms with Crippen molar-refractivity contribution >= 4 is 5.96 Å². The number of rotatable bonds is 10. The fourth-order valence-electron chi connectivity index (χ4n) is 2.69. The Bertz CT molecular complexity index is 666. The predicted molar refractivity (Wildman–Crippen MR) is 111 cm³/mol. The van der Waals surface area contributed by atoms with Gasteiger partial charge < -0.3 is 19.8 Å². The Morgan fingerprint density at radius 3 is 2.63 bits per heavy atom. The first-order valence-corrected chi connectivity index (χ1v) is 9.61. The van der Waals surface area contributed by atoms with Crippen LogP contribution in [-0.4, -0.2) is 32.8 Å². The highest BCUT2D eigenvalue weighted by molar-refractivity contribution is 5.80. The molecule has 1 unspecified atom stereocenters. The van der Waals surface area contributed by atoms with Gasteiger partial charge in [0.25, 0.3) is 0 Å². The van der Waals surface area contributed by atoms with Crippen molar-refractivity contribution in [2.75, 3.05) is 26.8 Å². The van der Waals surface area contributed by atoms with Crippen molar-refractivity contribution in [3.8, 4) is 0 Å². The number of methoxy groups -OCH3 is 1. The molecule has 0 amide bonds. The van der Waals surface area contributed by atoms with Gasteiger partial charge in [0.2, 0.25) is 0 Å². The standard InChI is InChI=1S/C22H33N3O2/c1-18(19-9-6-5-7-10-19)25-21(23-14-12-20-11-8-15-27-20)24-17-22(2,3)13-16-26-4/h5-11,15,18H,12-14,16-17H2,1-4H3,(H2,23,24,25). The minimum atomic E-state index is 0.0849. The van der Waals surface area contributed by atoms with Crippen molar-refractivity contribution in [2.45, 2.75) is 39.7 Å². The number of hydrogen-bond acceptors (Lipinski definition) is 3. The molecule has 1 atom stereocenters. The number of ether oxygens (including phenoxy) is 1. The molecule has 5 nitrogen and oxygen atoms in total. The summed E-state index contributed by atoms with van der Waals surface area (Å²) < 4.78 is 10.6. The second kappa shape index (κ2) is 10.8. The summed E-state index contributed by atoms with van der Waals surface area (Å²) >= 11 is 0. The van der Waals surface area contributed by atoms with E-state index in [0.717, 1.165) is 44.3 Å². The summed E-state index contributed by atoms with van der Waals surface area (Å²) in [6.45, 7) is 8.83. The highest BCUT2D eigenvalue weighted by Gasteiger charge is 2.18. The van der Waals surface area contributed by atoms with Crippen molar-refractivity contribution in [1.29, 1.82) is 0 Å². The lowest BCUT2D eigenvalue weighted by Gasteiger charge is -2.24. The van der Waals surface area contributed by atoms with Gasteiger partial charge in [0.1, 0.15) is 5.76 Å². The topological polar surface area (TPSA) is 58.8 Å². The van der Waals surface area contributed by atoms with Gasteiger partial charge >= 0.3 is 0 Å². The van der Waals surface area contributed by atoms with Gasteiger partial charge in [-0.3, -0.25) is 4.99 Å². The minimum Gasteiger partial charge on any atom is -0.469 e. The first kappa shape index (κ1) is 21.0. The van der Waals surface area contributed by atoms with Crippen molar-refractivity contribution in [2.24, 2.45) is 10.4 Å². The van der Waals surface area contributed by atoms with Gasteiger partial charge in [-0.15, -0.1) is 0 Å². The summed E-state index contributed by atoms with van der Waals surface area (Å²) in [5.74, 6) is 1.79. The summed E-state index contributed by atoms with van der Waals surface area (Å²) in [6, 6.07) is 14.5. The Kier molecular flexibility index (Phi) is 8.40. The van der Waals surface area contributed by atoms with Crippen LogP contribution in [0.5, 0.6) is 0 Å². The van der Waals surface area contributed by atoms with Gasteiger partial charge in [-0.25, -0.2) is 0 Å². The number of nitrogens with one attached hydrogen (secondary N) is 2. The lowest BCUT2D eigenvalue weighted by molar-refractivity contribution is 0.155. The smallest absolute Gasteiger partial charge is 0.191 e. The zero-order chi connectivity index (χ0) is 19.5. The molecule has 148 valence electrons. The van der Waals surface area contributed by atoms with Crippen LogP contribution in [0.15, 0.2) is 58.1 Å². The number of guanidine groups is 1. The highest BCUT2D eigenvalue weighted by atomic mass is 16.5. The Morgan fingerprint density at radius 1 is 1.19 bits per heavy atom. The fourth-order valence-corrected chi connectivity index (χ4v) is 2.69. The molecule has 0 aliphatic carbocycles. The van der Waals surface area contributed by atoms with E-state index in [1.807, 2.05) is 18.2 Å². The van der Waals surface area contributed by atoms with Crippen molar-refractivity contribution in [3.05, 3.63) is 60.1 Å². The van der Waals surface area contributed by atoms with Crippen LogP contribution in [0.25, 0.3) is 0 Å². The summed E-state index contributed by atoms with van der Waals surface area (Å²) in [4.78, 5) is 4.84. The first-order valence-electron chi connectivity index (χ1n) is 9.61. The minimum absolute atomic E-state index is 0.0849. The van der Waals surface area contributed by atoms with Crippen LogP contribution in [0.1, 0.15) is 44.6 Å². The fraction of sp³-hybridized carbons (Fsp3) is 0.500. The highest BCUT2D eigenvalue weighted by Crippen LogP contribution is 2.20. The van der Waals surface area contributed by atoms with Gasteiger partial charge in [0.05, 0.1) is 12.3 Å². The van der Waals surface area contributed by atoms with Crippen LogP contribution in [0.4, 0.5) is 0 Å². The molecule has 0 aliphatic heterocycles. The van der Waals surface area contributed by atoms with Crippen LogP contribution in [0.3, 0.4) is 0 Å². The lowest BCUT2D eigenvalue weighted by Crippen LogP contribution is -2.40. The molecule has 2 aromatic rings. The second-order valence-corrected chi connectivity index (χ2v) is 7.60. The molecule has 0 saturated carbocycles. The lowest BCUT2D eigenvalue weighted by atomic mass is 9.90. The number of hydrogen-bond donors (Lipinski definition) is 2. The summed E-state index contributed by atoms with van der Waals surface area (Å²) in [5.41, 5.74) is 1.32. The number of furan rings is 1. The third kappa shape index (κ3) is 7.87. The molecular weight excluding hydrogens is 338 g/mol. The van der Waals surface area contributed by atoms with Gasteiger partial charge in [-0.2, -0.15) is 0 Å². The number of aliphatic imine (C=N–C) groups is 1. The van der Waals surface area contributed by atoms with E-state index >= 15 is 0 Å². The third-order valence-corrected chi connectivity index (χ3v) is 4.54. The zero-order valence-electron chi connectivity index (χ0n) is 17.0. The molecule has 1 aromatic heterocycles. The van der Waals surface area contributed by atoms with E-state index in [9.17, 15) is 0 Å². The average molecular weight is 372 g/mol. The van der Waals surface area contributed by atoms with E-state index in [2.05, 4.69) is 55.7 Å². The Balaban J connectivity index is 1.98. The molecule has 0 radical (unpaired) electrons. The molecule has 2 rings (SSSR count). The Hall–Kier alpha value is -2.27. The normalized spacial score (nSPS) is 13.4.